The van der Waals surface area contributed by atoms with Crippen LogP contribution in [0.2, 0.25) is 5.02 Å². The summed E-state index contributed by atoms with van der Waals surface area (Å²) >= 11 is 6.26. The average molecular weight is 367 g/mol. The number of benzene rings is 1. The Morgan fingerprint density at radius 2 is 1.80 bits per heavy atom. The Kier molecular flexibility index (Phi) is 6.88. The fourth-order valence-electron chi connectivity index (χ4n) is 3.06. The lowest BCUT2D eigenvalue weighted by Crippen LogP contribution is -2.27. The van der Waals surface area contributed by atoms with Gasteiger partial charge in [0, 0.05) is 10.6 Å². The molecule has 1 aromatic carbocycles. The van der Waals surface area contributed by atoms with Gasteiger partial charge in [0.2, 0.25) is 0 Å². The molecule has 0 aromatic heterocycles. The number of carbonyl (C=O) groups is 2. The Morgan fingerprint density at radius 3 is 2.40 bits per heavy atom. The van der Waals surface area contributed by atoms with Crippen LogP contribution in [0, 0.1) is 5.92 Å². The Hall–Kier alpha value is -1.55. The summed E-state index contributed by atoms with van der Waals surface area (Å²) < 4.78 is 11.1. The predicted molar refractivity (Wildman–Crippen MR) is 97.3 cm³/mol. The van der Waals surface area contributed by atoms with Gasteiger partial charge in [0.1, 0.15) is 11.7 Å². The first-order valence-corrected chi connectivity index (χ1v) is 9.31. The van der Waals surface area contributed by atoms with Crippen molar-refractivity contribution in [1.82, 2.24) is 0 Å². The largest absolute Gasteiger partial charge is 0.460 e. The summed E-state index contributed by atoms with van der Waals surface area (Å²) in [5, 5.41) is 0.479. The molecule has 1 aliphatic carbocycles. The summed E-state index contributed by atoms with van der Waals surface area (Å²) in [7, 11) is 0. The van der Waals surface area contributed by atoms with E-state index in [0.29, 0.717) is 10.6 Å². The molecule has 5 heteroatoms. The highest BCUT2D eigenvalue weighted by Gasteiger charge is 2.29. The minimum absolute atomic E-state index is 0.0422. The molecular formula is C20H27ClO4. The molecule has 0 saturated heterocycles. The highest BCUT2D eigenvalue weighted by Crippen LogP contribution is 2.32. The average Bonchev–Trinajstić information content (AvgIpc) is 2.53. The van der Waals surface area contributed by atoms with Crippen LogP contribution in [0.5, 0.6) is 0 Å². The molecule has 25 heavy (non-hydrogen) atoms. The molecule has 0 N–H and O–H groups in total. The fourth-order valence-corrected chi connectivity index (χ4v) is 3.32. The summed E-state index contributed by atoms with van der Waals surface area (Å²) in [5.41, 5.74) is 0.0503. The molecule has 0 radical (unpaired) electrons. The van der Waals surface area contributed by atoms with Crippen LogP contribution in [0.25, 0.3) is 0 Å². The smallest absolute Gasteiger partial charge is 0.310 e. The van der Waals surface area contributed by atoms with Crippen LogP contribution in [-0.2, 0) is 19.1 Å². The van der Waals surface area contributed by atoms with Crippen molar-refractivity contribution in [3.8, 4) is 0 Å². The maximum atomic E-state index is 12.5. The van der Waals surface area contributed by atoms with E-state index in [-0.39, 0.29) is 18.3 Å². The SMILES string of the molecule is CC(C)(C)OC(=O)C[C@@H](OC(=O)C1CCCCC1)c1ccccc1Cl. The highest BCUT2D eigenvalue weighted by molar-refractivity contribution is 6.31. The molecule has 1 fully saturated rings. The minimum Gasteiger partial charge on any atom is -0.460 e. The van der Waals surface area contributed by atoms with E-state index < -0.39 is 17.7 Å². The van der Waals surface area contributed by atoms with Crippen molar-refractivity contribution in [2.24, 2.45) is 5.92 Å². The van der Waals surface area contributed by atoms with E-state index in [1.54, 1.807) is 18.2 Å². The number of carbonyl (C=O) groups excluding carboxylic acids is 2. The van der Waals surface area contributed by atoms with E-state index in [4.69, 9.17) is 21.1 Å². The summed E-state index contributed by atoms with van der Waals surface area (Å²) in [4.78, 5) is 24.8. The third-order valence-electron chi connectivity index (χ3n) is 4.22. The molecule has 2 rings (SSSR count). The number of hydrogen-bond donors (Lipinski definition) is 0. The first kappa shape index (κ1) is 19.8. The lowest BCUT2D eigenvalue weighted by Gasteiger charge is -2.26. The molecule has 0 amide bonds. The van der Waals surface area contributed by atoms with Gasteiger partial charge in [0.15, 0.2) is 0 Å². The third-order valence-corrected chi connectivity index (χ3v) is 4.57. The minimum atomic E-state index is -0.724. The van der Waals surface area contributed by atoms with Crippen molar-refractivity contribution >= 4 is 23.5 Å². The summed E-state index contributed by atoms with van der Waals surface area (Å²) in [6, 6.07) is 7.13. The van der Waals surface area contributed by atoms with Crippen LogP contribution >= 0.6 is 11.6 Å². The number of hydrogen-bond acceptors (Lipinski definition) is 4. The maximum absolute atomic E-state index is 12.5. The second-order valence-electron chi connectivity index (χ2n) is 7.57. The van der Waals surface area contributed by atoms with Gasteiger partial charge in [0.05, 0.1) is 12.3 Å². The van der Waals surface area contributed by atoms with Crippen molar-refractivity contribution in [2.75, 3.05) is 0 Å². The van der Waals surface area contributed by atoms with Crippen molar-refractivity contribution in [2.45, 2.75) is 71.0 Å². The van der Waals surface area contributed by atoms with Gasteiger partial charge >= 0.3 is 11.9 Å². The van der Waals surface area contributed by atoms with Crippen LogP contribution in [0.15, 0.2) is 24.3 Å². The van der Waals surface area contributed by atoms with Gasteiger partial charge in [-0.1, -0.05) is 49.1 Å². The molecule has 4 nitrogen and oxygen atoms in total. The number of halogens is 1. The molecular weight excluding hydrogens is 340 g/mol. The van der Waals surface area contributed by atoms with Crippen LogP contribution < -0.4 is 0 Å². The molecule has 1 aromatic rings. The molecule has 1 saturated carbocycles. The molecule has 0 heterocycles. The zero-order valence-electron chi connectivity index (χ0n) is 15.2. The van der Waals surface area contributed by atoms with Gasteiger partial charge in [-0.15, -0.1) is 0 Å². The van der Waals surface area contributed by atoms with E-state index in [0.717, 1.165) is 32.1 Å². The van der Waals surface area contributed by atoms with E-state index in [1.165, 1.54) is 0 Å². The summed E-state index contributed by atoms with van der Waals surface area (Å²) in [6.45, 7) is 5.43. The normalized spacial score (nSPS) is 17.0. The predicted octanol–water partition coefficient (Wildman–Crippen LogP) is 5.24. The molecule has 0 spiro atoms. The molecule has 138 valence electrons. The molecule has 0 aliphatic heterocycles. The number of esters is 2. The topological polar surface area (TPSA) is 52.6 Å². The van der Waals surface area contributed by atoms with Gasteiger partial charge in [0.25, 0.3) is 0 Å². The lowest BCUT2D eigenvalue weighted by atomic mass is 9.89. The third kappa shape index (κ3) is 6.35. The van der Waals surface area contributed by atoms with Crippen molar-refractivity contribution < 1.29 is 19.1 Å². The second kappa shape index (κ2) is 8.70. The molecule has 0 bridgehead atoms. The zero-order chi connectivity index (χ0) is 18.4. The van der Waals surface area contributed by atoms with Crippen LogP contribution in [-0.4, -0.2) is 17.5 Å². The number of rotatable bonds is 5. The maximum Gasteiger partial charge on any atom is 0.310 e. The van der Waals surface area contributed by atoms with Crippen molar-refractivity contribution in [3.05, 3.63) is 34.9 Å². The Balaban J connectivity index is 2.13. The van der Waals surface area contributed by atoms with Crippen molar-refractivity contribution in [1.29, 1.82) is 0 Å². The summed E-state index contributed by atoms with van der Waals surface area (Å²) in [5.74, 6) is -0.737. The van der Waals surface area contributed by atoms with Crippen molar-refractivity contribution in [3.63, 3.8) is 0 Å². The standard InChI is InChI=1S/C20H27ClO4/c1-20(2,3)25-18(22)13-17(15-11-7-8-12-16(15)21)24-19(23)14-9-5-4-6-10-14/h7-8,11-12,14,17H,4-6,9-10,13H2,1-3H3/t17-/m1/s1. The van der Waals surface area contributed by atoms with E-state index in [2.05, 4.69) is 0 Å². The van der Waals surface area contributed by atoms with Gasteiger partial charge in [-0.2, -0.15) is 0 Å². The van der Waals surface area contributed by atoms with Gasteiger partial charge in [-0.25, -0.2) is 0 Å². The Labute approximate surface area is 154 Å². The van der Waals surface area contributed by atoms with Crippen LogP contribution in [0.1, 0.15) is 71.0 Å². The van der Waals surface area contributed by atoms with E-state index in [9.17, 15) is 9.59 Å². The quantitative estimate of drug-likeness (QED) is 0.669. The van der Waals surface area contributed by atoms with E-state index in [1.807, 2.05) is 26.8 Å². The van der Waals surface area contributed by atoms with Gasteiger partial charge < -0.3 is 9.47 Å². The first-order chi connectivity index (χ1) is 11.8. The monoisotopic (exact) mass is 366 g/mol. The molecule has 1 atom stereocenters. The fraction of sp³-hybridized carbons (Fsp3) is 0.600. The first-order valence-electron chi connectivity index (χ1n) is 8.93. The highest BCUT2D eigenvalue weighted by atomic mass is 35.5. The molecule has 1 aliphatic rings. The second-order valence-corrected chi connectivity index (χ2v) is 7.98. The summed E-state index contributed by atoms with van der Waals surface area (Å²) in [6.07, 6.45) is 4.18. The molecule has 0 unspecified atom stereocenters. The van der Waals surface area contributed by atoms with Gasteiger partial charge in [-0.3, -0.25) is 9.59 Å². The number of ether oxygens (including phenoxy) is 2. The van der Waals surface area contributed by atoms with Crippen LogP contribution in [0.4, 0.5) is 0 Å². The van der Waals surface area contributed by atoms with Crippen LogP contribution in [0.3, 0.4) is 0 Å². The lowest BCUT2D eigenvalue weighted by molar-refractivity contribution is -0.164. The Morgan fingerprint density at radius 1 is 1.16 bits per heavy atom. The van der Waals surface area contributed by atoms with Gasteiger partial charge in [-0.05, 0) is 39.7 Å². The Bertz CT molecular complexity index is 600. The zero-order valence-corrected chi connectivity index (χ0v) is 16.0. The van der Waals surface area contributed by atoms with E-state index >= 15 is 0 Å².